The van der Waals surface area contributed by atoms with Gasteiger partial charge in [-0.3, -0.25) is 0 Å². The van der Waals surface area contributed by atoms with Crippen molar-refractivity contribution in [1.82, 2.24) is 0 Å². The van der Waals surface area contributed by atoms with E-state index in [1.54, 1.807) is 12.1 Å². The monoisotopic (exact) mass is 332 g/mol. The van der Waals surface area contributed by atoms with Gasteiger partial charge in [-0.15, -0.1) is 0 Å². The van der Waals surface area contributed by atoms with Crippen molar-refractivity contribution >= 4 is 38.8 Å². The first-order valence-corrected chi connectivity index (χ1v) is 6.71. The maximum Gasteiger partial charge on any atom is 0.102 e. The molecule has 0 bridgehead atoms. The molecular formula is C15H10BrClN2. The van der Waals surface area contributed by atoms with Crippen molar-refractivity contribution in [2.45, 2.75) is 0 Å². The Morgan fingerprint density at radius 3 is 2.42 bits per heavy atom. The lowest BCUT2D eigenvalue weighted by Gasteiger charge is -2.08. The van der Waals surface area contributed by atoms with E-state index in [1.807, 2.05) is 36.4 Å². The van der Waals surface area contributed by atoms with Crippen molar-refractivity contribution in [2.75, 3.05) is 0 Å². The average molecular weight is 334 g/mol. The van der Waals surface area contributed by atoms with Crippen LogP contribution in [0.15, 0.2) is 53.0 Å². The number of benzene rings is 2. The van der Waals surface area contributed by atoms with Crippen LogP contribution >= 0.6 is 27.5 Å². The van der Waals surface area contributed by atoms with Crippen LogP contribution in [0.5, 0.6) is 0 Å². The summed E-state index contributed by atoms with van der Waals surface area (Å²) in [7, 11) is 0. The summed E-state index contributed by atoms with van der Waals surface area (Å²) < 4.78 is 0.868. The fourth-order valence-electron chi connectivity index (χ4n) is 1.73. The van der Waals surface area contributed by atoms with Gasteiger partial charge in [-0.2, -0.15) is 5.26 Å². The molecule has 0 fully saturated rings. The highest BCUT2D eigenvalue weighted by atomic mass is 79.9. The topological polar surface area (TPSA) is 49.8 Å². The molecule has 2 aromatic rings. The third kappa shape index (κ3) is 2.98. The lowest BCUT2D eigenvalue weighted by Crippen LogP contribution is -2.01. The van der Waals surface area contributed by atoms with Crippen molar-refractivity contribution in [3.63, 3.8) is 0 Å². The molecule has 0 saturated carbocycles. The smallest absolute Gasteiger partial charge is 0.102 e. The number of hydrogen-bond donors (Lipinski definition) is 1. The maximum atomic E-state index is 9.32. The van der Waals surface area contributed by atoms with E-state index in [0.29, 0.717) is 21.9 Å². The highest BCUT2D eigenvalue weighted by Gasteiger charge is 2.11. The first-order chi connectivity index (χ1) is 9.13. The van der Waals surface area contributed by atoms with Gasteiger partial charge < -0.3 is 5.73 Å². The Labute approximate surface area is 125 Å². The van der Waals surface area contributed by atoms with E-state index in [2.05, 4.69) is 22.0 Å². The van der Waals surface area contributed by atoms with Gasteiger partial charge in [0, 0.05) is 10.0 Å². The van der Waals surface area contributed by atoms with E-state index in [0.717, 1.165) is 10.0 Å². The number of allylic oxidation sites excluding steroid dienone is 1. The highest BCUT2D eigenvalue weighted by molar-refractivity contribution is 9.10. The molecule has 0 saturated heterocycles. The zero-order valence-corrected chi connectivity index (χ0v) is 12.2. The van der Waals surface area contributed by atoms with E-state index in [1.165, 1.54) is 0 Å². The van der Waals surface area contributed by atoms with Gasteiger partial charge in [0.05, 0.1) is 16.3 Å². The Kier molecular flexibility index (Phi) is 4.26. The molecule has 0 spiro atoms. The van der Waals surface area contributed by atoms with Gasteiger partial charge in [-0.1, -0.05) is 63.9 Å². The standard InChI is InChI=1S/C15H10BrClN2/c16-11-6-7-12(14(17)8-11)15(19)13(9-18)10-4-2-1-3-5-10/h1-8H,19H2/b15-13-. The Morgan fingerprint density at radius 2 is 1.84 bits per heavy atom. The highest BCUT2D eigenvalue weighted by Crippen LogP contribution is 2.29. The molecule has 0 heterocycles. The number of rotatable bonds is 2. The molecule has 94 valence electrons. The van der Waals surface area contributed by atoms with Crippen molar-refractivity contribution in [3.05, 3.63) is 69.2 Å². The molecule has 2 N–H and O–H groups in total. The predicted octanol–water partition coefficient (Wildman–Crippen LogP) is 4.45. The molecule has 2 rings (SSSR count). The Morgan fingerprint density at radius 1 is 1.16 bits per heavy atom. The Bertz CT molecular complexity index is 672. The van der Waals surface area contributed by atoms with Crippen LogP contribution in [0.4, 0.5) is 0 Å². The number of nitriles is 1. The van der Waals surface area contributed by atoms with Crippen molar-refractivity contribution in [1.29, 1.82) is 5.26 Å². The fraction of sp³-hybridized carbons (Fsp3) is 0. The summed E-state index contributed by atoms with van der Waals surface area (Å²) in [5.41, 5.74) is 8.33. The molecule has 4 heteroatoms. The SMILES string of the molecule is N#C/C(=C(/N)c1ccc(Br)cc1Cl)c1ccccc1. The van der Waals surface area contributed by atoms with Crippen LogP contribution in [-0.4, -0.2) is 0 Å². The molecule has 0 radical (unpaired) electrons. The Hall–Kier alpha value is -1.76. The molecule has 0 unspecified atom stereocenters. The summed E-state index contributed by atoms with van der Waals surface area (Å²) in [6.45, 7) is 0. The summed E-state index contributed by atoms with van der Waals surface area (Å²) in [6.07, 6.45) is 0. The van der Waals surface area contributed by atoms with Gasteiger partial charge in [0.1, 0.15) is 6.07 Å². The van der Waals surface area contributed by atoms with E-state index < -0.39 is 0 Å². The van der Waals surface area contributed by atoms with Crippen LogP contribution in [-0.2, 0) is 0 Å². The van der Waals surface area contributed by atoms with Gasteiger partial charge in [0.15, 0.2) is 0 Å². The van der Waals surface area contributed by atoms with E-state index in [-0.39, 0.29) is 0 Å². The third-order valence-corrected chi connectivity index (χ3v) is 3.47. The van der Waals surface area contributed by atoms with E-state index >= 15 is 0 Å². The molecule has 0 amide bonds. The second-order valence-electron chi connectivity index (χ2n) is 3.89. The summed E-state index contributed by atoms with van der Waals surface area (Å²) in [5, 5.41) is 9.83. The molecule has 0 aliphatic heterocycles. The summed E-state index contributed by atoms with van der Waals surface area (Å²) >= 11 is 9.50. The minimum Gasteiger partial charge on any atom is -0.397 e. The van der Waals surface area contributed by atoms with Crippen LogP contribution in [0.1, 0.15) is 11.1 Å². The molecule has 2 aromatic carbocycles. The number of nitrogens with two attached hydrogens (primary N) is 1. The van der Waals surface area contributed by atoms with Crippen LogP contribution in [0.2, 0.25) is 5.02 Å². The minimum absolute atomic E-state index is 0.381. The average Bonchev–Trinajstić information content (AvgIpc) is 2.40. The molecule has 2 nitrogen and oxygen atoms in total. The number of nitrogens with zero attached hydrogens (tertiary/aromatic N) is 1. The third-order valence-electron chi connectivity index (χ3n) is 2.66. The van der Waals surface area contributed by atoms with Gasteiger partial charge >= 0.3 is 0 Å². The number of halogens is 2. The van der Waals surface area contributed by atoms with Gasteiger partial charge in [0.25, 0.3) is 0 Å². The fourth-order valence-corrected chi connectivity index (χ4v) is 2.50. The van der Waals surface area contributed by atoms with E-state index in [9.17, 15) is 5.26 Å². The van der Waals surface area contributed by atoms with Crippen molar-refractivity contribution in [3.8, 4) is 6.07 Å². The molecule has 0 atom stereocenters. The second kappa shape index (κ2) is 5.92. The minimum atomic E-state index is 0.381. The normalized spacial score (nSPS) is 11.6. The second-order valence-corrected chi connectivity index (χ2v) is 5.21. The van der Waals surface area contributed by atoms with Gasteiger partial charge in [0.2, 0.25) is 0 Å². The largest absolute Gasteiger partial charge is 0.397 e. The zero-order chi connectivity index (χ0) is 13.8. The lowest BCUT2D eigenvalue weighted by molar-refractivity contribution is 1.47. The maximum absolute atomic E-state index is 9.32. The Balaban J connectivity index is 2.59. The number of hydrogen-bond acceptors (Lipinski definition) is 2. The molecule has 0 aliphatic carbocycles. The van der Waals surface area contributed by atoms with Crippen molar-refractivity contribution in [2.24, 2.45) is 5.73 Å². The molecular weight excluding hydrogens is 324 g/mol. The van der Waals surface area contributed by atoms with Gasteiger partial charge in [-0.25, -0.2) is 0 Å². The van der Waals surface area contributed by atoms with Crippen LogP contribution in [0.25, 0.3) is 11.3 Å². The summed E-state index contributed by atoms with van der Waals surface area (Å²) in [4.78, 5) is 0. The van der Waals surface area contributed by atoms with Crippen LogP contribution in [0.3, 0.4) is 0 Å². The van der Waals surface area contributed by atoms with E-state index in [4.69, 9.17) is 17.3 Å². The molecule has 19 heavy (non-hydrogen) atoms. The predicted molar refractivity (Wildman–Crippen MR) is 82.2 cm³/mol. The first-order valence-electron chi connectivity index (χ1n) is 5.54. The van der Waals surface area contributed by atoms with Crippen LogP contribution in [0, 0.1) is 11.3 Å². The van der Waals surface area contributed by atoms with Gasteiger partial charge in [-0.05, 0) is 17.7 Å². The summed E-state index contributed by atoms with van der Waals surface area (Å²) in [6, 6.07) is 16.8. The zero-order valence-electron chi connectivity index (χ0n) is 9.90. The molecule has 0 aromatic heterocycles. The molecule has 0 aliphatic rings. The van der Waals surface area contributed by atoms with Crippen molar-refractivity contribution < 1.29 is 0 Å². The first kappa shape index (κ1) is 13.7. The quantitative estimate of drug-likeness (QED) is 0.652. The van der Waals surface area contributed by atoms with Crippen LogP contribution < -0.4 is 5.73 Å². The lowest BCUT2D eigenvalue weighted by atomic mass is 10.0. The summed E-state index contributed by atoms with van der Waals surface area (Å²) in [5.74, 6) is 0.